The number of aryl methyl sites for hydroxylation is 2. The van der Waals surface area contributed by atoms with Gasteiger partial charge in [-0.1, -0.05) is 25.1 Å². The van der Waals surface area contributed by atoms with Crippen LogP contribution in [-0.2, 0) is 18.6 Å². The fourth-order valence-electron chi connectivity index (χ4n) is 1.96. The Bertz CT molecular complexity index is 331. The van der Waals surface area contributed by atoms with Crippen molar-refractivity contribution in [3.05, 3.63) is 34.9 Å². The summed E-state index contributed by atoms with van der Waals surface area (Å²) in [4.78, 5) is 0. The smallest absolute Gasteiger partial charge is 0.140 e. The summed E-state index contributed by atoms with van der Waals surface area (Å²) in [6, 6.07) is 6.16. The van der Waals surface area contributed by atoms with Gasteiger partial charge in [0.15, 0.2) is 0 Å². The number of hydrogen-bond acceptors (Lipinski definition) is 2. The molecule has 1 unspecified atom stereocenters. The molecule has 0 fully saturated rings. The minimum Gasteiger partial charge on any atom is -0.372 e. The van der Waals surface area contributed by atoms with Gasteiger partial charge in [-0.2, -0.15) is 0 Å². The van der Waals surface area contributed by atoms with E-state index in [9.17, 15) is 5.11 Å². The van der Waals surface area contributed by atoms with Gasteiger partial charge in [0.2, 0.25) is 0 Å². The summed E-state index contributed by atoms with van der Waals surface area (Å²) >= 11 is 0. The van der Waals surface area contributed by atoms with Crippen LogP contribution in [-0.4, -0.2) is 5.11 Å². The fraction of sp³-hybridized carbons (Fsp3) is 0.455. The molecule has 1 aromatic carbocycles. The Morgan fingerprint density at radius 2 is 2.31 bits per heavy atom. The standard InChI is InChI=1S/C11H15NO/c1-2-8-3-4-10-9(7-8)5-6-11(10,12)13/h3-4,7,13H,2,5-6,12H2,1H3. The van der Waals surface area contributed by atoms with Gasteiger partial charge in [0.25, 0.3) is 0 Å². The van der Waals surface area contributed by atoms with Gasteiger partial charge >= 0.3 is 0 Å². The van der Waals surface area contributed by atoms with Crippen molar-refractivity contribution in [3.8, 4) is 0 Å². The van der Waals surface area contributed by atoms with Crippen LogP contribution in [0.4, 0.5) is 0 Å². The van der Waals surface area contributed by atoms with E-state index in [1.165, 1.54) is 11.1 Å². The first-order chi connectivity index (χ1) is 6.13. The van der Waals surface area contributed by atoms with E-state index in [-0.39, 0.29) is 0 Å². The maximum Gasteiger partial charge on any atom is 0.140 e. The molecule has 0 radical (unpaired) electrons. The summed E-state index contributed by atoms with van der Waals surface area (Å²) in [6.45, 7) is 2.13. The normalized spacial score (nSPS) is 26.1. The van der Waals surface area contributed by atoms with E-state index >= 15 is 0 Å². The highest BCUT2D eigenvalue weighted by Crippen LogP contribution is 2.33. The van der Waals surface area contributed by atoms with Crippen LogP contribution < -0.4 is 5.73 Å². The maximum atomic E-state index is 9.79. The molecule has 13 heavy (non-hydrogen) atoms. The third-order valence-corrected chi connectivity index (χ3v) is 2.82. The predicted molar refractivity (Wildman–Crippen MR) is 52.2 cm³/mol. The molecule has 0 heterocycles. The molecular formula is C11H15NO. The molecular weight excluding hydrogens is 162 g/mol. The second-order valence-electron chi connectivity index (χ2n) is 3.77. The summed E-state index contributed by atoms with van der Waals surface area (Å²) in [7, 11) is 0. The van der Waals surface area contributed by atoms with E-state index in [2.05, 4.69) is 13.0 Å². The van der Waals surface area contributed by atoms with Crippen molar-refractivity contribution in [3.63, 3.8) is 0 Å². The molecule has 2 nitrogen and oxygen atoms in total. The first kappa shape index (κ1) is 8.73. The number of rotatable bonds is 1. The van der Waals surface area contributed by atoms with Crippen molar-refractivity contribution in [1.29, 1.82) is 0 Å². The molecule has 0 bridgehead atoms. The molecule has 0 saturated heterocycles. The van der Waals surface area contributed by atoms with Gasteiger partial charge in [-0.05, 0) is 30.4 Å². The minimum absolute atomic E-state index is 0.648. The van der Waals surface area contributed by atoms with Gasteiger partial charge in [0, 0.05) is 5.56 Å². The lowest BCUT2D eigenvalue weighted by Crippen LogP contribution is -2.33. The van der Waals surface area contributed by atoms with Gasteiger partial charge in [0.1, 0.15) is 5.72 Å². The van der Waals surface area contributed by atoms with Crippen molar-refractivity contribution < 1.29 is 5.11 Å². The SMILES string of the molecule is CCc1ccc2c(c1)CCC2(N)O. The Morgan fingerprint density at radius 3 is 3.00 bits per heavy atom. The van der Waals surface area contributed by atoms with Crippen LogP contribution in [0.5, 0.6) is 0 Å². The van der Waals surface area contributed by atoms with E-state index in [4.69, 9.17) is 5.73 Å². The fourth-order valence-corrected chi connectivity index (χ4v) is 1.96. The van der Waals surface area contributed by atoms with Crippen LogP contribution >= 0.6 is 0 Å². The molecule has 3 N–H and O–H groups in total. The van der Waals surface area contributed by atoms with E-state index in [1.807, 2.05) is 12.1 Å². The number of nitrogens with two attached hydrogens (primary N) is 1. The van der Waals surface area contributed by atoms with Crippen molar-refractivity contribution in [1.82, 2.24) is 0 Å². The molecule has 70 valence electrons. The van der Waals surface area contributed by atoms with Crippen LogP contribution in [0.2, 0.25) is 0 Å². The average molecular weight is 177 g/mol. The number of benzene rings is 1. The van der Waals surface area contributed by atoms with Crippen molar-refractivity contribution in [2.75, 3.05) is 0 Å². The number of fused-ring (bicyclic) bond motifs is 1. The monoisotopic (exact) mass is 177 g/mol. The van der Waals surface area contributed by atoms with Gasteiger partial charge in [-0.3, -0.25) is 5.73 Å². The number of hydrogen-bond donors (Lipinski definition) is 2. The molecule has 2 rings (SSSR count). The lowest BCUT2D eigenvalue weighted by atomic mass is 10.0. The molecule has 1 aromatic rings. The van der Waals surface area contributed by atoms with Crippen molar-refractivity contribution >= 4 is 0 Å². The molecule has 0 spiro atoms. The van der Waals surface area contributed by atoms with Gasteiger partial charge in [-0.25, -0.2) is 0 Å². The predicted octanol–water partition coefficient (Wildman–Crippen LogP) is 1.30. The second kappa shape index (κ2) is 2.82. The highest BCUT2D eigenvalue weighted by molar-refractivity contribution is 5.39. The Hall–Kier alpha value is -0.860. The van der Waals surface area contributed by atoms with Crippen LogP contribution in [0, 0.1) is 0 Å². The molecule has 0 saturated carbocycles. The van der Waals surface area contributed by atoms with Crippen LogP contribution in [0.25, 0.3) is 0 Å². The summed E-state index contributed by atoms with van der Waals surface area (Å²) in [6.07, 6.45) is 2.59. The molecule has 0 aliphatic heterocycles. The Balaban J connectivity index is 2.46. The summed E-state index contributed by atoms with van der Waals surface area (Å²) in [5, 5.41) is 9.79. The van der Waals surface area contributed by atoms with E-state index in [1.54, 1.807) is 0 Å². The molecule has 0 aromatic heterocycles. The molecule has 0 amide bonds. The van der Waals surface area contributed by atoms with E-state index in [0.29, 0.717) is 6.42 Å². The quantitative estimate of drug-likeness (QED) is 0.635. The maximum absolute atomic E-state index is 9.79. The minimum atomic E-state index is -1.08. The third kappa shape index (κ3) is 1.36. The molecule has 1 aliphatic carbocycles. The highest BCUT2D eigenvalue weighted by atomic mass is 16.3. The zero-order valence-electron chi connectivity index (χ0n) is 7.88. The topological polar surface area (TPSA) is 46.2 Å². The summed E-state index contributed by atoms with van der Waals surface area (Å²) in [5.41, 5.74) is 8.09. The molecule has 2 heteroatoms. The first-order valence-corrected chi connectivity index (χ1v) is 4.77. The Kier molecular flexibility index (Phi) is 1.90. The number of aliphatic hydroxyl groups is 1. The first-order valence-electron chi connectivity index (χ1n) is 4.77. The van der Waals surface area contributed by atoms with Crippen LogP contribution in [0.3, 0.4) is 0 Å². The zero-order valence-corrected chi connectivity index (χ0v) is 7.88. The van der Waals surface area contributed by atoms with Crippen LogP contribution in [0.15, 0.2) is 18.2 Å². The second-order valence-corrected chi connectivity index (χ2v) is 3.77. The van der Waals surface area contributed by atoms with Gasteiger partial charge in [0.05, 0.1) is 0 Å². The van der Waals surface area contributed by atoms with Crippen molar-refractivity contribution in [2.45, 2.75) is 31.9 Å². The third-order valence-electron chi connectivity index (χ3n) is 2.82. The van der Waals surface area contributed by atoms with Crippen LogP contribution in [0.1, 0.15) is 30.0 Å². The van der Waals surface area contributed by atoms with Crippen molar-refractivity contribution in [2.24, 2.45) is 5.73 Å². The van der Waals surface area contributed by atoms with E-state index in [0.717, 1.165) is 18.4 Å². The lowest BCUT2D eigenvalue weighted by Gasteiger charge is -2.17. The lowest BCUT2D eigenvalue weighted by molar-refractivity contribution is 0.0458. The largest absolute Gasteiger partial charge is 0.372 e. The Morgan fingerprint density at radius 1 is 1.54 bits per heavy atom. The average Bonchev–Trinajstić information content (AvgIpc) is 2.42. The molecule has 1 aliphatic rings. The summed E-state index contributed by atoms with van der Waals surface area (Å²) < 4.78 is 0. The van der Waals surface area contributed by atoms with Gasteiger partial charge < -0.3 is 5.11 Å². The summed E-state index contributed by atoms with van der Waals surface area (Å²) in [5.74, 6) is 0. The highest BCUT2D eigenvalue weighted by Gasteiger charge is 2.32. The Labute approximate surface area is 78.4 Å². The van der Waals surface area contributed by atoms with Gasteiger partial charge in [-0.15, -0.1) is 0 Å². The zero-order chi connectivity index (χ0) is 9.47. The molecule has 1 atom stereocenters. The van der Waals surface area contributed by atoms with E-state index < -0.39 is 5.72 Å².